The van der Waals surface area contributed by atoms with Gasteiger partial charge in [0.1, 0.15) is 35.5 Å². The van der Waals surface area contributed by atoms with Gasteiger partial charge in [-0.05, 0) is 68.4 Å². The fourth-order valence-corrected chi connectivity index (χ4v) is 9.69. The molecule has 10 heteroatoms. The average molecular weight is 757 g/mol. The van der Waals surface area contributed by atoms with Crippen LogP contribution in [0.5, 0.6) is 17.2 Å². The second-order valence-electron chi connectivity index (χ2n) is 17.4. The van der Waals surface area contributed by atoms with Crippen molar-refractivity contribution in [1.82, 2.24) is 5.32 Å². The Hall–Kier alpha value is -3.67. The largest absolute Gasteiger partial charge is 0.508 e. The maximum absolute atomic E-state index is 12.3. The predicted molar refractivity (Wildman–Crippen MR) is 213 cm³/mol. The molecule has 3 aromatic carbocycles. The molecular formula is C45H62N3O7+. The van der Waals surface area contributed by atoms with Gasteiger partial charge >= 0.3 is 0 Å². The van der Waals surface area contributed by atoms with Crippen molar-refractivity contribution in [3.63, 3.8) is 0 Å². The van der Waals surface area contributed by atoms with E-state index in [0.29, 0.717) is 36.1 Å². The Morgan fingerprint density at radius 1 is 0.982 bits per heavy atom. The van der Waals surface area contributed by atoms with Crippen LogP contribution in [0.1, 0.15) is 94.4 Å². The molecule has 3 aromatic rings. The molecule has 4 fully saturated rings. The normalized spacial score (nSPS) is 24.5. The highest BCUT2D eigenvalue weighted by molar-refractivity contribution is 5.96. The summed E-state index contributed by atoms with van der Waals surface area (Å²) in [6.07, 6.45) is 10.4. The molecule has 1 amide bonds. The molecule has 3 atom stereocenters. The van der Waals surface area contributed by atoms with Crippen LogP contribution in [-0.2, 0) is 21.6 Å². The smallest absolute Gasteiger partial charge is 0.262 e. The van der Waals surface area contributed by atoms with Crippen LogP contribution < -0.4 is 20.1 Å². The first-order valence-electron chi connectivity index (χ1n) is 20.7. The number of nitrogens with zero attached hydrogens (tertiary/aromatic N) is 1. The SMILES string of the molecule is CC(C)(Cc1ccc(OCCC[N+]23CCC(CC2)[C@@H](OCC(O)(c2ccccc2)C2CCCCCC2)C3)cc1)NC[C@H](O)c1cc(O)cc2c1OCC(=O)N2. The molecule has 5 aliphatic rings. The van der Waals surface area contributed by atoms with Gasteiger partial charge in [0.2, 0.25) is 0 Å². The summed E-state index contributed by atoms with van der Waals surface area (Å²) in [6, 6.07) is 21.5. The first-order valence-corrected chi connectivity index (χ1v) is 20.7. The lowest BCUT2D eigenvalue weighted by molar-refractivity contribution is -0.946. The first kappa shape index (κ1) is 39.6. The van der Waals surface area contributed by atoms with Crippen molar-refractivity contribution in [3.05, 3.63) is 83.4 Å². The van der Waals surface area contributed by atoms with Gasteiger partial charge in [0.25, 0.3) is 5.91 Å². The summed E-state index contributed by atoms with van der Waals surface area (Å²) in [5.74, 6) is 1.72. The number of quaternary nitrogens is 1. The molecule has 0 aromatic heterocycles. The number of rotatable bonds is 16. The number of amides is 1. The van der Waals surface area contributed by atoms with Crippen LogP contribution in [0.4, 0.5) is 5.69 Å². The number of carbonyl (C=O) groups is 1. The van der Waals surface area contributed by atoms with E-state index in [9.17, 15) is 20.1 Å². The molecule has 4 aliphatic heterocycles. The molecule has 5 N–H and O–H groups in total. The van der Waals surface area contributed by atoms with Crippen molar-refractivity contribution in [3.8, 4) is 17.2 Å². The van der Waals surface area contributed by atoms with Crippen LogP contribution >= 0.6 is 0 Å². The highest BCUT2D eigenvalue weighted by atomic mass is 16.5. The average Bonchev–Trinajstić information content (AvgIpc) is 3.49. The number of phenolic OH excluding ortho intramolecular Hbond substituents is 1. The number of fused-ring (bicyclic) bond motifs is 4. The Morgan fingerprint density at radius 3 is 2.44 bits per heavy atom. The van der Waals surface area contributed by atoms with E-state index < -0.39 is 11.7 Å². The molecule has 3 saturated heterocycles. The minimum Gasteiger partial charge on any atom is -0.508 e. The summed E-state index contributed by atoms with van der Waals surface area (Å²) < 4.78 is 19.7. The zero-order valence-corrected chi connectivity index (χ0v) is 32.8. The van der Waals surface area contributed by atoms with Gasteiger partial charge in [0, 0.05) is 48.9 Å². The second kappa shape index (κ2) is 17.2. The lowest BCUT2D eigenvalue weighted by Crippen LogP contribution is -2.65. The van der Waals surface area contributed by atoms with Crippen LogP contribution in [0.3, 0.4) is 0 Å². The summed E-state index contributed by atoms with van der Waals surface area (Å²) in [5.41, 5.74) is 1.68. The quantitative estimate of drug-likeness (QED) is 0.0627. The Labute approximate surface area is 326 Å². The van der Waals surface area contributed by atoms with Crippen molar-refractivity contribution in [2.45, 2.75) is 101 Å². The van der Waals surface area contributed by atoms with E-state index in [-0.39, 0.29) is 42.4 Å². The Morgan fingerprint density at radius 2 is 1.71 bits per heavy atom. The lowest BCUT2D eigenvalue weighted by Gasteiger charge is -2.53. The van der Waals surface area contributed by atoms with Gasteiger partial charge in [-0.1, -0.05) is 68.1 Å². The van der Waals surface area contributed by atoms with Gasteiger partial charge in [0.05, 0.1) is 44.6 Å². The molecule has 1 aliphatic carbocycles. The number of phenols is 1. The monoisotopic (exact) mass is 756 g/mol. The zero-order chi connectivity index (χ0) is 38.5. The fourth-order valence-electron chi connectivity index (χ4n) is 9.69. The van der Waals surface area contributed by atoms with E-state index in [4.69, 9.17) is 14.2 Å². The van der Waals surface area contributed by atoms with E-state index in [1.165, 1.54) is 63.7 Å². The number of aliphatic hydroxyl groups is 2. The van der Waals surface area contributed by atoms with E-state index >= 15 is 0 Å². The molecule has 0 spiro atoms. The predicted octanol–water partition coefficient (Wildman–Crippen LogP) is 6.62. The highest BCUT2D eigenvalue weighted by Gasteiger charge is 2.48. The first-order chi connectivity index (χ1) is 26.5. The van der Waals surface area contributed by atoms with Gasteiger partial charge < -0.3 is 44.6 Å². The number of aromatic hydroxyl groups is 1. The van der Waals surface area contributed by atoms with Gasteiger partial charge in [-0.25, -0.2) is 0 Å². The summed E-state index contributed by atoms with van der Waals surface area (Å²) >= 11 is 0. The van der Waals surface area contributed by atoms with Crippen molar-refractivity contribution in [1.29, 1.82) is 0 Å². The number of nitrogens with one attached hydrogen (secondary N) is 2. The van der Waals surface area contributed by atoms with E-state index in [0.717, 1.165) is 60.1 Å². The van der Waals surface area contributed by atoms with Crippen molar-refractivity contribution in [2.24, 2.45) is 11.8 Å². The Balaban J connectivity index is 0.868. The Kier molecular flexibility index (Phi) is 12.4. The summed E-state index contributed by atoms with van der Waals surface area (Å²) in [6.45, 7) is 9.85. The van der Waals surface area contributed by atoms with Gasteiger partial charge in [0.15, 0.2) is 6.61 Å². The maximum Gasteiger partial charge on any atom is 0.262 e. The lowest BCUT2D eigenvalue weighted by atomic mass is 9.77. The number of aliphatic hydroxyl groups excluding tert-OH is 1. The molecule has 10 nitrogen and oxygen atoms in total. The van der Waals surface area contributed by atoms with Crippen LogP contribution in [0.2, 0.25) is 0 Å². The number of carbonyl (C=O) groups excluding carboxylic acids is 1. The molecule has 1 saturated carbocycles. The van der Waals surface area contributed by atoms with Crippen molar-refractivity contribution >= 4 is 11.6 Å². The number of hydrogen-bond donors (Lipinski definition) is 5. The third-order valence-corrected chi connectivity index (χ3v) is 12.8. The van der Waals surface area contributed by atoms with Crippen molar-refractivity contribution < 1.29 is 38.8 Å². The van der Waals surface area contributed by atoms with Gasteiger partial charge in [-0.3, -0.25) is 4.79 Å². The summed E-state index contributed by atoms with van der Waals surface area (Å²) in [7, 11) is 0. The highest BCUT2D eigenvalue weighted by Crippen LogP contribution is 2.42. The van der Waals surface area contributed by atoms with E-state index in [1.54, 1.807) is 0 Å². The minimum absolute atomic E-state index is 0.0486. The van der Waals surface area contributed by atoms with Gasteiger partial charge in [-0.2, -0.15) is 0 Å². The molecule has 0 radical (unpaired) electrons. The van der Waals surface area contributed by atoms with E-state index in [2.05, 4.69) is 48.7 Å². The molecule has 8 rings (SSSR count). The van der Waals surface area contributed by atoms with Gasteiger partial charge in [-0.15, -0.1) is 0 Å². The fraction of sp³-hybridized carbons (Fsp3) is 0.578. The summed E-state index contributed by atoms with van der Waals surface area (Å²) in [5, 5.41) is 39.6. The number of ether oxygens (including phenoxy) is 3. The topological polar surface area (TPSA) is 130 Å². The number of piperidine rings is 3. The third kappa shape index (κ3) is 9.66. The van der Waals surface area contributed by atoms with Crippen LogP contribution in [0.25, 0.3) is 0 Å². The molecule has 4 heterocycles. The third-order valence-electron chi connectivity index (χ3n) is 12.8. The van der Waals surface area contributed by atoms with Crippen LogP contribution in [0, 0.1) is 11.8 Å². The standard InChI is InChI=1S/C45H61N3O7/c1-44(2,46-28-40(50)38-25-36(49)26-39-43(38)54-30-42(51)47-39)27-32-15-17-37(18-16-32)53-24-10-21-48-22-19-33(20-23-48)41(29-48)55-31-45(52,35-13-8-5-9-14-35)34-11-6-3-4-7-12-34/h5,8-9,13-18,25-26,33-34,40-41,46,50,52H,3-4,6-7,10-12,19-24,27-31H2,1-2H3,(H-,47,49,51)/p+1/t33?,40-,41-,45?,48?/m0/s1. The Bertz CT molecular complexity index is 1720. The number of benzene rings is 3. The molecule has 1 unspecified atom stereocenters. The number of β-amino-alcohol motifs (C(OH)–C–C–N with tert-alkyl or cyclic N) is 1. The van der Waals surface area contributed by atoms with Crippen LogP contribution in [0.15, 0.2) is 66.7 Å². The molecule has 55 heavy (non-hydrogen) atoms. The second-order valence-corrected chi connectivity index (χ2v) is 17.4. The maximum atomic E-state index is 12.3. The molecular weight excluding hydrogens is 695 g/mol. The zero-order valence-electron chi connectivity index (χ0n) is 32.8. The van der Waals surface area contributed by atoms with Crippen molar-refractivity contribution in [2.75, 3.05) is 57.9 Å². The minimum atomic E-state index is -0.943. The molecule has 2 bridgehead atoms. The summed E-state index contributed by atoms with van der Waals surface area (Å²) in [4.78, 5) is 11.7. The number of anilines is 1. The number of hydrogen-bond acceptors (Lipinski definition) is 8. The van der Waals surface area contributed by atoms with E-state index in [1.807, 2.05) is 30.3 Å². The van der Waals surface area contributed by atoms with Crippen LogP contribution in [-0.4, -0.2) is 89.9 Å². The molecule has 298 valence electrons.